The summed E-state index contributed by atoms with van der Waals surface area (Å²) in [5, 5.41) is 4.72. The average Bonchev–Trinajstić information content (AvgIpc) is 2.34. The van der Waals surface area contributed by atoms with Crippen molar-refractivity contribution in [2.75, 3.05) is 7.05 Å². The second-order valence-corrected chi connectivity index (χ2v) is 4.93. The van der Waals surface area contributed by atoms with E-state index in [1.54, 1.807) is 30.4 Å². The molecule has 0 bridgehead atoms. The summed E-state index contributed by atoms with van der Waals surface area (Å²) >= 11 is 7.74. The molecule has 1 heterocycles. The molecule has 2 aromatic rings. The largest absolute Gasteiger partial charge is 0.316 e. The number of nitrogens with zero attached hydrogens (tertiary/aromatic N) is 2. The third-order valence-corrected chi connectivity index (χ3v) is 3.42. The monoisotopic (exact) mass is 265 g/mol. The van der Waals surface area contributed by atoms with Gasteiger partial charge >= 0.3 is 0 Å². The second kappa shape index (κ2) is 6.00. The van der Waals surface area contributed by atoms with E-state index < -0.39 is 0 Å². The van der Waals surface area contributed by atoms with Crippen LogP contribution in [0.4, 0.5) is 0 Å². The lowest BCUT2D eigenvalue weighted by Crippen LogP contribution is -2.05. The minimum Gasteiger partial charge on any atom is -0.316 e. The molecule has 0 atom stereocenters. The number of aromatic nitrogens is 2. The van der Waals surface area contributed by atoms with Gasteiger partial charge in [-0.2, -0.15) is 0 Å². The summed E-state index contributed by atoms with van der Waals surface area (Å²) < 4.78 is 0. The molecule has 0 amide bonds. The molecule has 0 aliphatic rings. The Hall–Kier alpha value is -1.10. The number of halogens is 1. The van der Waals surface area contributed by atoms with Crippen LogP contribution in [0.15, 0.2) is 46.7 Å². The van der Waals surface area contributed by atoms with E-state index in [0.717, 1.165) is 27.1 Å². The van der Waals surface area contributed by atoms with Gasteiger partial charge in [0.15, 0.2) is 0 Å². The second-order valence-electron chi connectivity index (χ2n) is 3.43. The van der Waals surface area contributed by atoms with Gasteiger partial charge in [-0.15, -0.1) is 0 Å². The Morgan fingerprint density at radius 1 is 1.35 bits per heavy atom. The Labute approximate surface area is 110 Å². The lowest BCUT2D eigenvalue weighted by atomic mass is 10.2. The molecule has 0 fully saturated rings. The van der Waals surface area contributed by atoms with Crippen molar-refractivity contribution in [3.8, 4) is 0 Å². The first kappa shape index (κ1) is 12.4. The van der Waals surface area contributed by atoms with Crippen LogP contribution in [0.3, 0.4) is 0 Å². The summed E-state index contributed by atoms with van der Waals surface area (Å²) in [6.45, 7) is 0.773. The maximum absolute atomic E-state index is 6.19. The zero-order valence-electron chi connectivity index (χ0n) is 9.35. The van der Waals surface area contributed by atoms with Crippen LogP contribution in [-0.2, 0) is 6.54 Å². The molecule has 5 heteroatoms. The predicted molar refractivity (Wildman–Crippen MR) is 70.4 cm³/mol. The lowest BCUT2D eigenvalue weighted by molar-refractivity contribution is 0.817. The van der Waals surface area contributed by atoms with Crippen LogP contribution < -0.4 is 5.32 Å². The zero-order chi connectivity index (χ0) is 12.1. The molecule has 0 saturated heterocycles. The van der Waals surface area contributed by atoms with E-state index >= 15 is 0 Å². The fourth-order valence-electron chi connectivity index (χ4n) is 1.38. The molecule has 0 aliphatic heterocycles. The maximum atomic E-state index is 6.19. The summed E-state index contributed by atoms with van der Waals surface area (Å²) in [7, 11) is 1.90. The van der Waals surface area contributed by atoms with Crippen molar-refractivity contribution in [2.45, 2.75) is 16.5 Å². The molecule has 0 aliphatic carbocycles. The Kier molecular flexibility index (Phi) is 4.36. The minimum atomic E-state index is 0.772. The van der Waals surface area contributed by atoms with Gasteiger partial charge in [0.05, 0.1) is 6.20 Å². The zero-order valence-corrected chi connectivity index (χ0v) is 10.9. The summed E-state index contributed by atoms with van der Waals surface area (Å²) in [6.07, 6.45) is 5.08. The fourth-order valence-corrected chi connectivity index (χ4v) is 2.48. The van der Waals surface area contributed by atoms with E-state index in [1.807, 2.05) is 25.2 Å². The van der Waals surface area contributed by atoms with E-state index in [4.69, 9.17) is 11.6 Å². The first-order chi connectivity index (χ1) is 8.29. The Bertz CT molecular complexity index is 490. The van der Waals surface area contributed by atoms with Gasteiger partial charge in [0.1, 0.15) is 5.03 Å². The number of rotatable bonds is 4. The molecule has 3 nitrogen and oxygen atoms in total. The van der Waals surface area contributed by atoms with Crippen molar-refractivity contribution in [2.24, 2.45) is 0 Å². The van der Waals surface area contributed by atoms with Gasteiger partial charge in [-0.25, -0.2) is 4.98 Å². The number of nitrogens with one attached hydrogen (secondary N) is 1. The van der Waals surface area contributed by atoms with Crippen molar-refractivity contribution < 1.29 is 0 Å². The van der Waals surface area contributed by atoms with Crippen molar-refractivity contribution in [1.82, 2.24) is 15.3 Å². The highest BCUT2D eigenvalue weighted by molar-refractivity contribution is 7.99. The Morgan fingerprint density at radius 3 is 2.88 bits per heavy atom. The van der Waals surface area contributed by atoms with Crippen LogP contribution in [-0.4, -0.2) is 17.0 Å². The van der Waals surface area contributed by atoms with Crippen molar-refractivity contribution in [3.05, 3.63) is 47.4 Å². The lowest BCUT2D eigenvalue weighted by Gasteiger charge is -2.06. The maximum Gasteiger partial charge on any atom is 0.119 e. The van der Waals surface area contributed by atoms with Gasteiger partial charge in [0.25, 0.3) is 0 Å². The van der Waals surface area contributed by atoms with Crippen LogP contribution >= 0.6 is 23.4 Å². The quantitative estimate of drug-likeness (QED) is 0.922. The van der Waals surface area contributed by atoms with Crippen molar-refractivity contribution >= 4 is 23.4 Å². The Morgan fingerprint density at radius 2 is 2.24 bits per heavy atom. The summed E-state index contributed by atoms with van der Waals surface area (Å²) in [5.74, 6) is 0. The highest BCUT2D eigenvalue weighted by atomic mass is 35.5. The van der Waals surface area contributed by atoms with Crippen LogP contribution in [0.5, 0.6) is 0 Å². The molecule has 2 rings (SSSR count). The number of hydrogen-bond donors (Lipinski definition) is 1. The molecule has 17 heavy (non-hydrogen) atoms. The van der Waals surface area contributed by atoms with E-state index in [1.165, 1.54) is 0 Å². The van der Waals surface area contributed by atoms with Crippen LogP contribution in [0.2, 0.25) is 5.02 Å². The molecule has 1 N–H and O–H groups in total. The smallest absolute Gasteiger partial charge is 0.119 e. The summed E-state index contributed by atoms with van der Waals surface area (Å²) in [4.78, 5) is 9.30. The molecular formula is C12H12ClN3S. The summed E-state index contributed by atoms with van der Waals surface area (Å²) in [6, 6.07) is 6.02. The Balaban J connectivity index is 2.15. The molecule has 0 spiro atoms. The van der Waals surface area contributed by atoms with Gasteiger partial charge in [0, 0.05) is 28.9 Å². The van der Waals surface area contributed by atoms with Gasteiger partial charge in [0.2, 0.25) is 0 Å². The first-order valence-corrected chi connectivity index (χ1v) is 6.36. The van der Waals surface area contributed by atoms with Gasteiger partial charge in [-0.3, -0.25) is 4.98 Å². The fraction of sp³-hybridized carbons (Fsp3) is 0.167. The molecular weight excluding hydrogens is 254 g/mol. The summed E-state index contributed by atoms with van der Waals surface area (Å²) in [5.41, 5.74) is 1.10. The minimum absolute atomic E-state index is 0.772. The highest BCUT2D eigenvalue weighted by Crippen LogP contribution is 2.29. The molecule has 88 valence electrons. The third kappa shape index (κ3) is 3.43. The van der Waals surface area contributed by atoms with Crippen LogP contribution in [0.1, 0.15) is 5.56 Å². The number of hydrogen-bond acceptors (Lipinski definition) is 4. The van der Waals surface area contributed by atoms with Crippen molar-refractivity contribution in [3.63, 3.8) is 0 Å². The molecule has 0 unspecified atom stereocenters. The normalized spacial score (nSPS) is 10.5. The van der Waals surface area contributed by atoms with Crippen LogP contribution in [0, 0.1) is 0 Å². The molecule has 1 aromatic heterocycles. The van der Waals surface area contributed by atoms with Crippen molar-refractivity contribution in [1.29, 1.82) is 0 Å². The SMILES string of the molecule is CNCc1ccc(Sc2cnccn2)cc1Cl. The van der Waals surface area contributed by atoms with E-state index in [0.29, 0.717) is 0 Å². The van der Waals surface area contributed by atoms with Gasteiger partial charge < -0.3 is 5.32 Å². The predicted octanol–water partition coefficient (Wildman–Crippen LogP) is 3.00. The first-order valence-electron chi connectivity index (χ1n) is 5.16. The van der Waals surface area contributed by atoms with E-state index in [9.17, 15) is 0 Å². The van der Waals surface area contributed by atoms with Gasteiger partial charge in [-0.05, 0) is 24.7 Å². The molecule has 1 aromatic carbocycles. The van der Waals surface area contributed by atoms with Gasteiger partial charge in [-0.1, -0.05) is 29.4 Å². The van der Waals surface area contributed by atoms with E-state index in [2.05, 4.69) is 15.3 Å². The average molecular weight is 266 g/mol. The van der Waals surface area contributed by atoms with E-state index in [-0.39, 0.29) is 0 Å². The van der Waals surface area contributed by atoms with Crippen LogP contribution in [0.25, 0.3) is 0 Å². The standard InChI is InChI=1S/C12H12ClN3S/c1-14-7-9-2-3-10(6-11(9)13)17-12-8-15-4-5-16-12/h2-6,8,14H,7H2,1H3. The molecule has 0 radical (unpaired) electrons. The third-order valence-electron chi connectivity index (χ3n) is 2.15. The highest BCUT2D eigenvalue weighted by Gasteiger charge is 2.03. The number of benzene rings is 1. The topological polar surface area (TPSA) is 37.8 Å². The molecule has 0 saturated carbocycles.